The van der Waals surface area contributed by atoms with Crippen molar-refractivity contribution in [3.8, 4) is 0 Å². The number of halogens is 1. The molecule has 1 heterocycles. The first-order valence-corrected chi connectivity index (χ1v) is 6.73. The van der Waals surface area contributed by atoms with Crippen LogP contribution in [-0.4, -0.2) is 28.0 Å². The Labute approximate surface area is 126 Å². The number of aromatic nitrogens is 1. The fraction of sp³-hybridized carbons (Fsp3) is 0.267. The molecule has 0 spiro atoms. The molecule has 0 amide bonds. The summed E-state index contributed by atoms with van der Waals surface area (Å²) in [6.45, 7) is 1.79. The summed E-state index contributed by atoms with van der Waals surface area (Å²) in [4.78, 5) is 23.4. The van der Waals surface area contributed by atoms with Crippen molar-refractivity contribution in [2.75, 3.05) is 13.6 Å². The lowest BCUT2D eigenvalue weighted by Crippen LogP contribution is -2.23. The summed E-state index contributed by atoms with van der Waals surface area (Å²) in [5.74, 6) is -0.271. The van der Waals surface area contributed by atoms with E-state index in [1.807, 2.05) is 11.9 Å². The number of pyridine rings is 1. The molecule has 0 fully saturated rings. The molecule has 22 heavy (non-hydrogen) atoms. The van der Waals surface area contributed by atoms with Gasteiger partial charge in [0.2, 0.25) is 0 Å². The summed E-state index contributed by atoms with van der Waals surface area (Å²) in [6, 6.07) is 7.45. The molecule has 0 aliphatic carbocycles. The number of nitrogens with zero attached hydrogens (tertiary/aromatic N) is 3. The molecule has 2 aromatic rings. The zero-order chi connectivity index (χ0) is 16.1. The van der Waals surface area contributed by atoms with Gasteiger partial charge in [0.15, 0.2) is 0 Å². The zero-order valence-corrected chi connectivity index (χ0v) is 12.1. The molecule has 0 radical (unpaired) electrons. The van der Waals surface area contributed by atoms with Crippen LogP contribution in [0.3, 0.4) is 0 Å². The minimum absolute atomic E-state index is 0.271. The first-order chi connectivity index (χ1) is 10.5. The van der Waals surface area contributed by atoms with Crippen LogP contribution >= 0.6 is 0 Å². The van der Waals surface area contributed by atoms with Gasteiger partial charge in [0.05, 0.1) is 11.1 Å². The number of hydrogen-bond donors (Lipinski definition) is 0. The van der Waals surface area contributed by atoms with Crippen LogP contribution in [0.1, 0.15) is 5.56 Å². The zero-order valence-electron chi connectivity index (χ0n) is 12.1. The molecule has 2 rings (SSSR count). The van der Waals surface area contributed by atoms with Crippen LogP contribution in [0.2, 0.25) is 0 Å². The third-order valence-electron chi connectivity index (χ3n) is 3.26. The average molecular weight is 305 g/mol. The van der Waals surface area contributed by atoms with Crippen molar-refractivity contribution in [1.82, 2.24) is 9.47 Å². The second-order valence-corrected chi connectivity index (χ2v) is 5.05. The molecule has 0 aliphatic rings. The Hall–Kier alpha value is -2.54. The summed E-state index contributed by atoms with van der Waals surface area (Å²) >= 11 is 0. The van der Waals surface area contributed by atoms with Gasteiger partial charge in [-0.25, -0.2) is 4.39 Å². The van der Waals surface area contributed by atoms with Crippen molar-refractivity contribution in [2.45, 2.75) is 13.1 Å². The second-order valence-electron chi connectivity index (χ2n) is 5.05. The fourth-order valence-electron chi connectivity index (χ4n) is 2.06. The number of nitro groups is 1. The molecular formula is C15H16FN3O3. The van der Waals surface area contributed by atoms with Gasteiger partial charge in [0.25, 0.3) is 5.43 Å². The molecule has 116 valence electrons. The van der Waals surface area contributed by atoms with Crippen LogP contribution in [0.5, 0.6) is 0 Å². The Bertz CT molecular complexity index is 713. The van der Waals surface area contributed by atoms with E-state index in [9.17, 15) is 19.3 Å². The van der Waals surface area contributed by atoms with Gasteiger partial charge in [0.1, 0.15) is 5.82 Å². The highest BCUT2D eigenvalue weighted by atomic mass is 19.1. The maximum Gasteiger partial charge on any atom is 0.332 e. The predicted octanol–water partition coefficient (Wildman–Crippen LogP) is 2.03. The van der Waals surface area contributed by atoms with E-state index in [0.29, 0.717) is 19.6 Å². The summed E-state index contributed by atoms with van der Waals surface area (Å²) in [5, 5.41) is 10.7. The van der Waals surface area contributed by atoms with Crippen LogP contribution in [0.15, 0.2) is 47.5 Å². The molecule has 0 unspecified atom stereocenters. The van der Waals surface area contributed by atoms with Gasteiger partial charge >= 0.3 is 5.69 Å². The fourth-order valence-corrected chi connectivity index (χ4v) is 2.06. The molecule has 6 nitrogen and oxygen atoms in total. The van der Waals surface area contributed by atoms with Crippen molar-refractivity contribution >= 4 is 5.69 Å². The van der Waals surface area contributed by atoms with Crippen molar-refractivity contribution < 1.29 is 9.31 Å². The number of benzene rings is 1. The molecule has 1 aromatic carbocycles. The van der Waals surface area contributed by atoms with Gasteiger partial charge < -0.3 is 9.47 Å². The summed E-state index contributed by atoms with van der Waals surface area (Å²) in [6.07, 6.45) is 2.77. The van der Waals surface area contributed by atoms with Gasteiger partial charge in [-0.2, -0.15) is 0 Å². The molecule has 0 saturated heterocycles. The minimum atomic E-state index is -0.680. The van der Waals surface area contributed by atoms with Crippen molar-refractivity contribution in [3.63, 3.8) is 0 Å². The van der Waals surface area contributed by atoms with Gasteiger partial charge in [0, 0.05) is 31.9 Å². The Balaban J connectivity index is 1.95. The van der Waals surface area contributed by atoms with E-state index in [1.54, 1.807) is 16.7 Å². The summed E-state index contributed by atoms with van der Waals surface area (Å²) in [7, 11) is 1.90. The highest BCUT2D eigenvalue weighted by Gasteiger charge is 2.11. The Morgan fingerprint density at radius 1 is 1.27 bits per heavy atom. The number of rotatable bonds is 6. The molecule has 0 atom stereocenters. The maximum atomic E-state index is 12.8. The lowest BCUT2D eigenvalue weighted by atomic mass is 10.2. The minimum Gasteiger partial charge on any atom is -0.347 e. The van der Waals surface area contributed by atoms with Gasteiger partial charge in [-0.1, -0.05) is 12.1 Å². The van der Waals surface area contributed by atoms with E-state index in [2.05, 4.69) is 0 Å². The quantitative estimate of drug-likeness (QED) is 0.605. The van der Waals surface area contributed by atoms with Gasteiger partial charge in [-0.15, -0.1) is 0 Å². The van der Waals surface area contributed by atoms with E-state index in [1.165, 1.54) is 30.6 Å². The van der Waals surface area contributed by atoms with E-state index < -0.39 is 16.0 Å². The van der Waals surface area contributed by atoms with E-state index in [0.717, 1.165) is 5.56 Å². The summed E-state index contributed by atoms with van der Waals surface area (Å²) in [5.41, 5.74) is -0.0422. The molecule has 0 bridgehead atoms. The number of likely N-dealkylation sites (N-methyl/N-ethyl adjacent to an activating group) is 1. The Morgan fingerprint density at radius 2 is 1.95 bits per heavy atom. The topological polar surface area (TPSA) is 68.4 Å². The molecular weight excluding hydrogens is 289 g/mol. The standard InChI is InChI=1S/C15H16FN3O3/c1-17(10-12-2-4-13(16)5-3-12)8-9-18-7-6-15(20)14(11-18)19(21)22/h2-7,11H,8-10H2,1H3. The smallest absolute Gasteiger partial charge is 0.332 e. The van der Waals surface area contributed by atoms with E-state index >= 15 is 0 Å². The monoisotopic (exact) mass is 305 g/mol. The molecule has 1 aromatic heterocycles. The molecule has 0 aliphatic heterocycles. The third kappa shape index (κ3) is 4.23. The Morgan fingerprint density at radius 3 is 2.59 bits per heavy atom. The van der Waals surface area contributed by atoms with Crippen LogP contribution in [0.25, 0.3) is 0 Å². The lowest BCUT2D eigenvalue weighted by molar-refractivity contribution is -0.386. The van der Waals surface area contributed by atoms with E-state index in [-0.39, 0.29) is 5.82 Å². The predicted molar refractivity (Wildman–Crippen MR) is 80.1 cm³/mol. The lowest BCUT2D eigenvalue weighted by Gasteiger charge is -2.17. The first kappa shape index (κ1) is 15.8. The first-order valence-electron chi connectivity index (χ1n) is 6.73. The average Bonchev–Trinajstić information content (AvgIpc) is 2.48. The normalized spacial score (nSPS) is 10.9. The molecule has 0 saturated carbocycles. The molecule has 7 heteroatoms. The Kier molecular flexibility index (Phi) is 5.00. The summed E-state index contributed by atoms with van der Waals surface area (Å²) < 4.78 is 14.4. The van der Waals surface area contributed by atoms with Crippen LogP contribution in [0, 0.1) is 15.9 Å². The number of hydrogen-bond acceptors (Lipinski definition) is 4. The van der Waals surface area contributed by atoms with E-state index in [4.69, 9.17) is 0 Å². The largest absolute Gasteiger partial charge is 0.347 e. The third-order valence-corrected chi connectivity index (χ3v) is 3.26. The van der Waals surface area contributed by atoms with Crippen molar-refractivity contribution in [1.29, 1.82) is 0 Å². The van der Waals surface area contributed by atoms with Crippen LogP contribution in [-0.2, 0) is 13.1 Å². The second kappa shape index (κ2) is 6.95. The maximum absolute atomic E-state index is 12.8. The highest BCUT2D eigenvalue weighted by Crippen LogP contribution is 2.06. The van der Waals surface area contributed by atoms with Crippen LogP contribution in [0.4, 0.5) is 10.1 Å². The van der Waals surface area contributed by atoms with Gasteiger partial charge in [-0.05, 0) is 24.7 Å². The van der Waals surface area contributed by atoms with Crippen molar-refractivity contribution in [3.05, 3.63) is 74.4 Å². The van der Waals surface area contributed by atoms with Crippen LogP contribution < -0.4 is 5.43 Å². The molecule has 0 N–H and O–H groups in total. The van der Waals surface area contributed by atoms with Gasteiger partial charge in [-0.3, -0.25) is 14.9 Å². The highest BCUT2D eigenvalue weighted by molar-refractivity contribution is 5.25. The SMILES string of the molecule is CN(CCn1ccc(=O)c([N+](=O)[O-])c1)Cc1ccc(F)cc1. The van der Waals surface area contributed by atoms with Crippen molar-refractivity contribution in [2.24, 2.45) is 0 Å².